The molecule has 3 rings (SSSR count). The molecule has 1 aromatic carbocycles. The predicted octanol–water partition coefficient (Wildman–Crippen LogP) is 2.50. The van der Waals surface area contributed by atoms with E-state index in [2.05, 4.69) is 28.5 Å². The molecule has 138 valence electrons. The maximum Gasteiger partial charge on any atom is 0.219 e. The summed E-state index contributed by atoms with van der Waals surface area (Å²) in [5.74, 6) is 0.272. The Morgan fingerprint density at radius 3 is 2.27 bits per heavy atom. The number of amides is 1. The fourth-order valence-corrected chi connectivity index (χ4v) is 3.60. The van der Waals surface area contributed by atoms with Gasteiger partial charge in [-0.25, -0.2) is 0 Å². The standard InChI is InChI=1S/C21H27N3O2/c1-16-13-20(17(2)24(16)14-19-7-5-4-6-8-19)21(26)15-22-9-11-23(12-10-22)18(3)25/h4-8,13H,9-12,14-15H2,1-3H3. The van der Waals surface area contributed by atoms with Crippen LogP contribution in [0, 0.1) is 13.8 Å². The highest BCUT2D eigenvalue weighted by Crippen LogP contribution is 2.18. The maximum atomic E-state index is 12.8. The lowest BCUT2D eigenvalue weighted by Crippen LogP contribution is -2.49. The van der Waals surface area contributed by atoms with Crippen LogP contribution in [0.15, 0.2) is 36.4 Å². The van der Waals surface area contributed by atoms with Crippen LogP contribution < -0.4 is 0 Å². The van der Waals surface area contributed by atoms with E-state index in [9.17, 15) is 9.59 Å². The molecule has 2 heterocycles. The van der Waals surface area contributed by atoms with E-state index in [0.29, 0.717) is 19.6 Å². The Hall–Kier alpha value is -2.40. The third-order valence-corrected chi connectivity index (χ3v) is 5.24. The van der Waals surface area contributed by atoms with Crippen molar-refractivity contribution >= 4 is 11.7 Å². The molecule has 0 aliphatic carbocycles. The van der Waals surface area contributed by atoms with Crippen LogP contribution in [0.4, 0.5) is 0 Å². The Balaban J connectivity index is 1.67. The third kappa shape index (κ3) is 4.05. The highest BCUT2D eigenvalue weighted by atomic mass is 16.2. The molecule has 26 heavy (non-hydrogen) atoms. The van der Waals surface area contributed by atoms with Crippen molar-refractivity contribution in [3.8, 4) is 0 Å². The van der Waals surface area contributed by atoms with E-state index >= 15 is 0 Å². The van der Waals surface area contributed by atoms with Gasteiger partial charge in [-0.05, 0) is 25.5 Å². The molecule has 0 spiro atoms. The molecule has 1 aromatic heterocycles. The predicted molar refractivity (Wildman–Crippen MR) is 102 cm³/mol. The summed E-state index contributed by atoms with van der Waals surface area (Å²) in [6.07, 6.45) is 0. The van der Waals surface area contributed by atoms with E-state index in [1.54, 1.807) is 6.92 Å². The molecule has 0 N–H and O–H groups in total. The number of piperazine rings is 1. The number of Topliss-reactive ketones (excluding diaryl/α,β-unsaturated/α-hetero) is 1. The zero-order chi connectivity index (χ0) is 18.7. The average molecular weight is 353 g/mol. The summed E-state index contributed by atoms with van der Waals surface area (Å²) >= 11 is 0. The van der Waals surface area contributed by atoms with E-state index in [0.717, 1.165) is 36.6 Å². The lowest BCUT2D eigenvalue weighted by Gasteiger charge is -2.33. The Kier molecular flexibility index (Phi) is 5.57. The second kappa shape index (κ2) is 7.87. The maximum absolute atomic E-state index is 12.8. The first kappa shape index (κ1) is 18.4. The first-order valence-corrected chi connectivity index (χ1v) is 9.17. The summed E-state index contributed by atoms with van der Waals surface area (Å²) in [6.45, 7) is 9.80. The summed E-state index contributed by atoms with van der Waals surface area (Å²) in [7, 11) is 0. The van der Waals surface area contributed by atoms with Crippen LogP contribution >= 0.6 is 0 Å². The van der Waals surface area contributed by atoms with Gasteiger partial charge in [0.2, 0.25) is 5.91 Å². The minimum Gasteiger partial charge on any atom is -0.344 e. The van der Waals surface area contributed by atoms with E-state index < -0.39 is 0 Å². The molecule has 0 bridgehead atoms. The first-order chi connectivity index (χ1) is 12.5. The Morgan fingerprint density at radius 1 is 1.00 bits per heavy atom. The van der Waals surface area contributed by atoms with Crippen molar-refractivity contribution in [2.75, 3.05) is 32.7 Å². The number of hydrogen-bond acceptors (Lipinski definition) is 3. The fraction of sp³-hybridized carbons (Fsp3) is 0.429. The molecule has 0 saturated carbocycles. The first-order valence-electron chi connectivity index (χ1n) is 9.17. The molecule has 0 radical (unpaired) electrons. The average Bonchev–Trinajstić information content (AvgIpc) is 2.91. The Labute approximate surface area is 155 Å². The van der Waals surface area contributed by atoms with Crippen LogP contribution in [0.1, 0.15) is 34.2 Å². The largest absolute Gasteiger partial charge is 0.344 e. The van der Waals surface area contributed by atoms with Crippen LogP contribution in [-0.2, 0) is 11.3 Å². The van der Waals surface area contributed by atoms with Crippen molar-refractivity contribution in [1.82, 2.24) is 14.4 Å². The van der Waals surface area contributed by atoms with E-state index in [1.165, 1.54) is 5.56 Å². The topological polar surface area (TPSA) is 45.6 Å². The van der Waals surface area contributed by atoms with Gasteiger partial charge in [-0.2, -0.15) is 0 Å². The zero-order valence-corrected chi connectivity index (χ0v) is 15.9. The summed E-state index contributed by atoms with van der Waals surface area (Å²) in [5, 5.41) is 0. The molecule has 0 atom stereocenters. The normalized spacial score (nSPS) is 15.3. The number of nitrogens with zero attached hydrogens (tertiary/aromatic N) is 3. The van der Waals surface area contributed by atoms with Crippen LogP contribution in [0.2, 0.25) is 0 Å². The molecule has 0 unspecified atom stereocenters. The number of hydrogen-bond donors (Lipinski definition) is 0. The monoisotopic (exact) mass is 353 g/mol. The van der Waals surface area contributed by atoms with Crippen molar-refractivity contribution in [2.45, 2.75) is 27.3 Å². The summed E-state index contributed by atoms with van der Waals surface area (Å²) < 4.78 is 2.20. The minimum absolute atomic E-state index is 0.112. The molecule has 1 aliphatic rings. The van der Waals surface area contributed by atoms with Gasteiger partial charge in [0.25, 0.3) is 0 Å². The van der Waals surface area contributed by atoms with E-state index in [-0.39, 0.29) is 11.7 Å². The van der Waals surface area contributed by atoms with Gasteiger partial charge in [0, 0.05) is 56.6 Å². The van der Waals surface area contributed by atoms with Gasteiger partial charge >= 0.3 is 0 Å². The van der Waals surface area contributed by atoms with Gasteiger partial charge in [0.05, 0.1) is 6.54 Å². The number of aryl methyl sites for hydroxylation is 1. The number of carbonyl (C=O) groups excluding carboxylic acids is 2. The highest BCUT2D eigenvalue weighted by molar-refractivity contribution is 5.99. The van der Waals surface area contributed by atoms with Crippen molar-refractivity contribution in [3.63, 3.8) is 0 Å². The number of carbonyl (C=O) groups is 2. The number of rotatable bonds is 5. The molecule has 5 nitrogen and oxygen atoms in total. The molecular formula is C21H27N3O2. The number of aromatic nitrogens is 1. The lowest BCUT2D eigenvalue weighted by atomic mass is 10.1. The molecule has 1 fully saturated rings. The smallest absolute Gasteiger partial charge is 0.219 e. The van der Waals surface area contributed by atoms with Crippen molar-refractivity contribution in [1.29, 1.82) is 0 Å². The molecular weight excluding hydrogens is 326 g/mol. The van der Waals surface area contributed by atoms with Crippen molar-refractivity contribution in [3.05, 3.63) is 58.9 Å². The van der Waals surface area contributed by atoms with Crippen LogP contribution in [0.25, 0.3) is 0 Å². The van der Waals surface area contributed by atoms with Gasteiger partial charge < -0.3 is 9.47 Å². The van der Waals surface area contributed by atoms with E-state index in [1.807, 2.05) is 36.1 Å². The quantitative estimate of drug-likeness (QED) is 0.776. The molecule has 1 aliphatic heterocycles. The molecule has 1 amide bonds. The summed E-state index contributed by atoms with van der Waals surface area (Å²) in [4.78, 5) is 28.2. The molecule has 5 heteroatoms. The lowest BCUT2D eigenvalue weighted by molar-refractivity contribution is -0.130. The number of ketones is 1. The molecule has 1 saturated heterocycles. The SMILES string of the molecule is CC(=O)N1CCN(CC(=O)c2cc(C)n(Cc3ccccc3)c2C)CC1. The van der Waals surface area contributed by atoms with Crippen LogP contribution in [0.5, 0.6) is 0 Å². The van der Waals surface area contributed by atoms with Crippen molar-refractivity contribution < 1.29 is 9.59 Å². The second-order valence-corrected chi connectivity index (χ2v) is 7.06. The van der Waals surface area contributed by atoms with Gasteiger partial charge in [-0.15, -0.1) is 0 Å². The van der Waals surface area contributed by atoms with Crippen LogP contribution in [0.3, 0.4) is 0 Å². The summed E-state index contributed by atoms with van der Waals surface area (Å²) in [6, 6.07) is 12.3. The minimum atomic E-state index is 0.112. The van der Waals surface area contributed by atoms with Gasteiger partial charge in [0.1, 0.15) is 0 Å². The van der Waals surface area contributed by atoms with Gasteiger partial charge in [0.15, 0.2) is 5.78 Å². The van der Waals surface area contributed by atoms with Gasteiger partial charge in [-0.3, -0.25) is 14.5 Å². The molecule has 2 aromatic rings. The van der Waals surface area contributed by atoms with E-state index in [4.69, 9.17) is 0 Å². The zero-order valence-electron chi connectivity index (χ0n) is 15.9. The Bertz CT molecular complexity index is 787. The van der Waals surface area contributed by atoms with Crippen LogP contribution in [-0.4, -0.2) is 58.8 Å². The van der Waals surface area contributed by atoms with Gasteiger partial charge in [-0.1, -0.05) is 30.3 Å². The summed E-state index contributed by atoms with van der Waals surface area (Å²) in [5.41, 5.74) is 4.18. The Morgan fingerprint density at radius 2 is 1.65 bits per heavy atom. The second-order valence-electron chi connectivity index (χ2n) is 7.06. The van der Waals surface area contributed by atoms with Crippen molar-refractivity contribution in [2.24, 2.45) is 0 Å². The number of benzene rings is 1. The highest BCUT2D eigenvalue weighted by Gasteiger charge is 2.22. The fourth-order valence-electron chi connectivity index (χ4n) is 3.60. The third-order valence-electron chi connectivity index (χ3n) is 5.24.